The van der Waals surface area contributed by atoms with E-state index in [9.17, 15) is 9.18 Å². The van der Waals surface area contributed by atoms with E-state index in [-0.39, 0.29) is 24.1 Å². The molecule has 0 radical (unpaired) electrons. The number of anilines is 1. The maximum absolute atomic E-state index is 13.2. The minimum atomic E-state index is -0.354. The highest BCUT2D eigenvalue weighted by molar-refractivity contribution is 9.10. The van der Waals surface area contributed by atoms with E-state index in [0.717, 1.165) is 21.5 Å². The van der Waals surface area contributed by atoms with E-state index in [2.05, 4.69) is 21.2 Å². The molecule has 0 heterocycles. The second-order valence-electron chi connectivity index (χ2n) is 6.34. The normalized spacial score (nSPS) is 11.7. The number of ether oxygens (including phenoxy) is 1. The summed E-state index contributed by atoms with van der Waals surface area (Å²) in [4.78, 5) is 12.8. The highest BCUT2D eigenvalue weighted by Crippen LogP contribution is 2.27. The fraction of sp³-hybridized carbons (Fsp3) is 0.174. The minimum absolute atomic E-state index is 0.0523. The second-order valence-corrected chi connectivity index (χ2v) is 7.26. The molecule has 0 bridgehead atoms. The van der Waals surface area contributed by atoms with Crippen LogP contribution in [0.15, 0.2) is 77.3 Å². The van der Waals surface area contributed by atoms with Crippen LogP contribution in [0, 0.1) is 5.82 Å². The van der Waals surface area contributed by atoms with Crippen molar-refractivity contribution in [3.63, 3.8) is 0 Å². The molecule has 0 aliphatic carbocycles. The number of halogens is 2. The van der Waals surface area contributed by atoms with Crippen LogP contribution in [0.3, 0.4) is 0 Å². The Bertz CT molecular complexity index is 909. The third-order valence-corrected chi connectivity index (χ3v) is 4.86. The lowest BCUT2D eigenvalue weighted by Gasteiger charge is -2.20. The molecule has 144 valence electrons. The summed E-state index contributed by atoms with van der Waals surface area (Å²) in [6.07, 6.45) is 0.246. The molecule has 0 amide bonds. The van der Waals surface area contributed by atoms with E-state index in [1.807, 2.05) is 55.5 Å². The fourth-order valence-electron chi connectivity index (χ4n) is 2.90. The molecule has 1 unspecified atom stereocenters. The average Bonchev–Trinajstić information content (AvgIpc) is 2.70. The van der Waals surface area contributed by atoms with Gasteiger partial charge in [-0.1, -0.05) is 28.1 Å². The topological polar surface area (TPSA) is 38.3 Å². The molecule has 0 aromatic heterocycles. The third kappa shape index (κ3) is 5.42. The van der Waals surface area contributed by atoms with Crippen molar-refractivity contribution in [2.75, 3.05) is 11.9 Å². The van der Waals surface area contributed by atoms with Crippen LogP contribution in [0.2, 0.25) is 0 Å². The quantitative estimate of drug-likeness (QED) is 0.410. The molecule has 0 saturated heterocycles. The van der Waals surface area contributed by atoms with Gasteiger partial charge in [-0.05, 0) is 73.2 Å². The smallest absolute Gasteiger partial charge is 0.165 e. The number of rotatable bonds is 8. The van der Waals surface area contributed by atoms with Crippen LogP contribution in [-0.4, -0.2) is 12.4 Å². The monoisotopic (exact) mass is 441 g/mol. The zero-order chi connectivity index (χ0) is 19.9. The van der Waals surface area contributed by atoms with Gasteiger partial charge in [-0.15, -0.1) is 0 Å². The van der Waals surface area contributed by atoms with Gasteiger partial charge in [0.05, 0.1) is 12.6 Å². The number of ketones is 1. The van der Waals surface area contributed by atoms with Gasteiger partial charge in [-0.25, -0.2) is 4.39 Å². The Balaban J connectivity index is 1.83. The molecule has 0 aliphatic rings. The Labute approximate surface area is 172 Å². The van der Waals surface area contributed by atoms with Gasteiger partial charge < -0.3 is 10.1 Å². The number of hydrogen-bond acceptors (Lipinski definition) is 3. The molecule has 0 fully saturated rings. The first-order valence-electron chi connectivity index (χ1n) is 9.09. The molecular weight excluding hydrogens is 421 g/mol. The summed E-state index contributed by atoms with van der Waals surface area (Å²) in [6, 6.07) is 20.9. The van der Waals surface area contributed by atoms with Gasteiger partial charge >= 0.3 is 0 Å². The zero-order valence-corrected chi connectivity index (χ0v) is 17.1. The lowest BCUT2D eigenvalue weighted by Crippen LogP contribution is -2.16. The van der Waals surface area contributed by atoms with Gasteiger partial charge in [0.1, 0.15) is 11.6 Å². The first-order valence-corrected chi connectivity index (χ1v) is 9.88. The molecule has 28 heavy (non-hydrogen) atoms. The first-order chi connectivity index (χ1) is 13.5. The molecule has 0 aliphatic heterocycles. The molecule has 3 nitrogen and oxygen atoms in total. The minimum Gasteiger partial charge on any atom is -0.494 e. The van der Waals surface area contributed by atoms with E-state index in [1.165, 1.54) is 24.3 Å². The summed E-state index contributed by atoms with van der Waals surface area (Å²) in [5, 5.41) is 3.43. The summed E-state index contributed by atoms with van der Waals surface area (Å²) in [5.41, 5.74) is 2.38. The summed E-state index contributed by atoms with van der Waals surface area (Å²) in [6.45, 7) is 2.54. The van der Waals surface area contributed by atoms with Crippen LogP contribution in [0.4, 0.5) is 10.1 Å². The van der Waals surface area contributed by atoms with Crippen LogP contribution < -0.4 is 10.1 Å². The Kier molecular flexibility index (Phi) is 6.82. The summed E-state index contributed by atoms with van der Waals surface area (Å²) in [7, 11) is 0. The third-order valence-electron chi connectivity index (χ3n) is 4.33. The largest absolute Gasteiger partial charge is 0.494 e. The van der Waals surface area contributed by atoms with Crippen molar-refractivity contribution in [3.8, 4) is 5.75 Å². The van der Waals surface area contributed by atoms with Gasteiger partial charge in [-0.3, -0.25) is 4.79 Å². The van der Waals surface area contributed by atoms with E-state index < -0.39 is 0 Å². The van der Waals surface area contributed by atoms with Crippen LogP contribution in [0.25, 0.3) is 0 Å². The summed E-state index contributed by atoms with van der Waals surface area (Å²) < 4.78 is 19.6. The fourth-order valence-corrected chi connectivity index (χ4v) is 3.17. The van der Waals surface area contributed by atoms with Crippen LogP contribution in [0.5, 0.6) is 5.75 Å². The van der Waals surface area contributed by atoms with Gasteiger partial charge in [0.2, 0.25) is 0 Å². The zero-order valence-electron chi connectivity index (χ0n) is 15.5. The van der Waals surface area contributed by atoms with Crippen molar-refractivity contribution in [3.05, 3.63) is 94.2 Å². The van der Waals surface area contributed by atoms with Crippen molar-refractivity contribution in [1.82, 2.24) is 0 Å². The van der Waals surface area contributed by atoms with E-state index in [4.69, 9.17) is 4.74 Å². The second kappa shape index (κ2) is 9.51. The van der Waals surface area contributed by atoms with Crippen molar-refractivity contribution < 1.29 is 13.9 Å². The molecular formula is C23H21BrFNO2. The Morgan fingerprint density at radius 2 is 1.64 bits per heavy atom. The number of nitrogens with one attached hydrogen (secondary N) is 1. The van der Waals surface area contributed by atoms with Crippen LogP contribution >= 0.6 is 15.9 Å². The summed E-state index contributed by atoms with van der Waals surface area (Å²) in [5.74, 6) is 0.384. The summed E-state index contributed by atoms with van der Waals surface area (Å²) >= 11 is 3.43. The van der Waals surface area contributed by atoms with Gasteiger partial charge in [-0.2, -0.15) is 0 Å². The van der Waals surface area contributed by atoms with Gasteiger partial charge in [0.25, 0.3) is 0 Å². The number of carbonyl (C=O) groups is 1. The lowest BCUT2D eigenvalue weighted by molar-refractivity contribution is 0.0976. The lowest BCUT2D eigenvalue weighted by atomic mass is 9.97. The molecule has 0 saturated carbocycles. The van der Waals surface area contributed by atoms with Crippen molar-refractivity contribution in [1.29, 1.82) is 0 Å². The van der Waals surface area contributed by atoms with Crippen molar-refractivity contribution in [2.24, 2.45) is 0 Å². The number of hydrogen-bond donors (Lipinski definition) is 1. The maximum Gasteiger partial charge on any atom is 0.165 e. The molecule has 3 aromatic rings. The van der Waals surface area contributed by atoms with Crippen molar-refractivity contribution in [2.45, 2.75) is 19.4 Å². The Morgan fingerprint density at radius 1 is 1.00 bits per heavy atom. The predicted octanol–water partition coefficient (Wildman–Crippen LogP) is 6.41. The van der Waals surface area contributed by atoms with Crippen molar-refractivity contribution >= 4 is 27.4 Å². The molecule has 3 aromatic carbocycles. The van der Waals surface area contributed by atoms with E-state index in [0.29, 0.717) is 12.2 Å². The molecule has 0 spiro atoms. The number of carbonyl (C=O) groups excluding carboxylic acids is 1. The van der Waals surface area contributed by atoms with Gasteiger partial charge in [0, 0.05) is 22.1 Å². The predicted molar refractivity (Wildman–Crippen MR) is 113 cm³/mol. The SMILES string of the molecule is CCOc1ccc(C(CC(=O)c2ccc(F)cc2)Nc2ccc(Br)cc2)cc1. The van der Waals surface area contributed by atoms with E-state index in [1.54, 1.807) is 0 Å². The average molecular weight is 442 g/mol. The maximum atomic E-state index is 13.2. The Morgan fingerprint density at radius 3 is 2.25 bits per heavy atom. The standard InChI is InChI=1S/C23H21BrFNO2/c1-2-28-21-13-5-16(6-14-21)22(26-20-11-7-18(24)8-12-20)15-23(27)17-3-9-19(25)10-4-17/h3-14,22,26H,2,15H2,1H3. The van der Waals surface area contributed by atoms with E-state index >= 15 is 0 Å². The van der Waals surface area contributed by atoms with Crippen LogP contribution in [0.1, 0.15) is 35.3 Å². The number of Topliss-reactive ketones (excluding diaryl/α,β-unsaturated/α-hetero) is 1. The highest BCUT2D eigenvalue weighted by atomic mass is 79.9. The molecule has 5 heteroatoms. The van der Waals surface area contributed by atoms with Crippen LogP contribution in [-0.2, 0) is 0 Å². The molecule has 1 atom stereocenters. The Hall–Kier alpha value is -2.66. The van der Waals surface area contributed by atoms with Gasteiger partial charge in [0.15, 0.2) is 5.78 Å². The first kappa shape index (κ1) is 20.1. The molecule has 3 rings (SSSR count). The number of benzene rings is 3. The highest BCUT2D eigenvalue weighted by Gasteiger charge is 2.18. The molecule has 1 N–H and O–H groups in total.